The summed E-state index contributed by atoms with van der Waals surface area (Å²) in [4.78, 5) is 0. The van der Waals surface area contributed by atoms with Gasteiger partial charge in [0.1, 0.15) is 6.61 Å². The summed E-state index contributed by atoms with van der Waals surface area (Å²) in [6.45, 7) is 4.98. The highest BCUT2D eigenvalue weighted by atomic mass is 127. The zero-order valence-corrected chi connectivity index (χ0v) is 14.2. The van der Waals surface area contributed by atoms with Gasteiger partial charge < -0.3 is 9.47 Å². The highest BCUT2D eigenvalue weighted by Gasteiger charge is 2.12. The van der Waals surface area contributed by atoms with Gasteiger partial charge in [0.05, 0.1) is 21.8 Å². The number of nitriles is 1. The van der Waals surface area contributed by atoms with Crippen molar-refractivity contribution in [3.8, 4) is 17.6 Å². The third kappa shape index (κ3) is 4.11. The van der Waals surface area contributed by atoms with Gasteiger partial charge in [-0.15, -0.1) is 0 Å². The zero-order valence-electron chi connectivity index (χ0n) is 12.0. The first-order valence-electron chi connectivity index (χ1n) is 6.68. The Morgan fingerprint density at radius 3 is 2.48 bits per heavy atom. The minimum Gasteiger partial charge on any atom is -0.490 e. The molecule has 2 aromatic carbocycles. The minimum atomic E-state index is 0.474. The topological polar surface area (TPSA) is 42.2 Å². The number of ether oxygens (including phenoxy) is 2. The maximum atomic E-state index is 9.03. The highest BCUT2D eigenvalue weighted by molar-refractivity contribution is 14.1. The Bertz CT molecular complexity index is 660. The van der Waals surface area contributed by atoms with Crippen molar-refractivity contribution in [3.63, 3.8) is 0 Å². The molecule has 0 saturated heterocycles. The Balaban J connectivity index is 2.22. The summed E-state index contributed by atoms with van der Waals surface area (Å²) < 4.78 is 12.4. The van der Waals surface area contributed by atoms with Gasteiger partial charge in [-0.05, 0) is 48.1 Å². The predicted octanol–water partition coefficient (Wildman–Crippen LogP) is 4.45. The quantitative estimate of drug-likeness (QED) is 0.705. The maximum absolute atomic E-state index is 9.03. The molecular weight excluding hydrogens is 377 g/mol. The number of halogens is 1. The summed E-state index contributed by atoms with van der Waals surface area (Å²) in [5, 5.41) is 9.03. The molecule has 0 aliphatic rings. The SMILES string of the molecule is CCOc1cc(C#N)cc(I)c1OCc1ccc(C)cc1. The molecular formula is C17H16INO2. The van der Waals surface area contributed by atoms with E-state index < -0.39 is 0 Å². The van der Waals surface area contributed by atoms with E-state index in [1.54, 1.807) is 12.1 Å². The molecule has 0 N–H and O–H groups in total. The Hall–Kier alpha value is -1.74. The van der Waals surface area contributed by atoms with Gasteiger partial charge in [0.25, 0.3) is 0 Å². The predicted molar refractivity (Wildman–Crippen MR) is 90.6 cm³/mol. The molecule has 0 spiro atoms. The van der Waals surface area contributed by atoms with Crippen molar-refractivity contribution in [2.24, 2.45) is 0 Å². The molecule has 0 aromatic heterocycles. The minimum absolute atomic E-state index is 0.474. The molecule has 108 valence electrons. The number of nitrogens with zero attached hydrogens (tertiary/aromatic N) is 1. The van der Waals surface area contributed by atoms with Crippen LogP contribution in [0.25, 0.3) is 0 Å². The monoisotopic (exact) mass is 393 g/mol. The van der Waals surface area contributed by atoms with E-state index in [-0.39, 0.29) is 0 Å². The maximum Gasteiger partial charge on any atom is 0.175 e. The van der Waals surface area contributed by atoms with E-state index in [0.717, 1.165) is 9.13 Å². The molecule has 0 aliphatic carbocycles. The molecule has 0 heterocycles. The Morgan fingerprint density at radius 1 is 1.14 bits per heavy atom. The average Bonchev–Trinajstić information content (AvgIpc) is 2.48. The van der Waals surface area contributed by atoms with Crippen molar-refractivity contribution >= 4 is 22.6 Å². The van der Waals surface area contributed by atoms with Crippen molar-refractivity contribution < 1.29 is 9.47 Å². The van der Waals surface area contributed by atoms with E-state index in [1.807, 2.05) is 19.1 Å². The molecule has 3 nitrogen and oxygen atoms in total. The summed E-state index contributed by atoms with van der Waals surface area (Å²) in [5.41, 5.74) is 2.90. The van der Waals surface area contributed by atoms with Crippen molar-refractivity contribution in [2.45, 2.75) is 20.5 Å². The third-order valence-electron chi connectivity index (χ3n) is 2.94. The first-order valence-corrected chi connectivity index (χ1v) is 7.76. The van der Waals surface area contributed by atoms with Crippen LogP contribution in [0.2, 0.25) is 0 Å². The van der Waals surface area contributed by atoms with Crippen molar-refractivity contribution in [1.82, 2.24) is 0 Å². The Morgan fingerprint density at radius 2 is 1.86 bits per heavy atom. The van der Waals surface area contributed by atoms with E-state index in [4.69, 9.17) is 14.7 Å². The molecule has 0 amide bonds. The summed E-state index contributed by atoms with van der Waals surface area (Å²) in [6, 6.07) is 13.9. The lowest BCUT2D eigenvalue weighted by atomic mass is 10.2. The van der Waals surface area contributed by atoms with Gasteiger partial charge in [-0.1, -0.05) is 29.8 Å². The second kappa shape index (κ2) is 7.32. The van der Waals surface area contributed by atoms with Gasteiger partial charge in [-0.3, -0.25) is 0 Å². The highest BCUT2D eigenvalue weighted by Crippen LogP contribution is 2.34. The summed E-state index contributed by atoms with van der Waals surface area (Å²) >= 11 is 2.17. The second-order valence-electron chi connectivity index (χ2n) is 4.60. The van der Waals surface area contributed by atoms with Crippen LogP contribution in [0.5, 0.6) is 11.5 Å². The largest absolute Gasteiger partial charge is 0.490 e. The van der Waals surface area contributed by atoms with Crippen molar-refractivity contribution in [3.05, 3.63) is 56.7 Å². The second-order valence-corrected chi connectivity index (χ2v) is 5.77. The first-order chi connectivity index (χ1) is 10.1. The van der Waals surface area contributed by atoms with Gasteiger partial charge in [0.15, 0.2) is 11.5 Å². The number of hydrogen-bond acceptors (Lipinski definition) is 3. The molecule has 0 atom stereocenters. The van der Waals surface area contributed by atoms with Crippen LogP contribution in [0.3, 0.4) is 0 Å². The summed E-state index contributed by atoms with van der Waals surface area (Å²) in [7, 11) is 0. The van der Waals surface area contributed by atoms with Crippen LogP contribution in [-0.2, 0) is 6.61 Å². The molecule has 0 radical (unpaired) electrons. The van der Waals surface area contributed by atoms with Crippen LogP contribution in [0.1, 0.15) is 23.6 Å². The standard InChI is InChI=1S/C17H16INO2/c1-3-20-16-9-14(10-19)8-15(18)17(16)21-11-13-6-4-12(2)5-7-13/h4-9H,3,11H2,1-2H3. The van der Waals surface area contributed by atoms with Crippen LogP contribution >= 0.6 is 22.6 Å². The van der Waals surface area contributed by atoms with E-state index in [2.05, 4.69) is 47.7 Å². The lowest BCUT2D eigenvalue weighted by molar-refractivity contribution is 0.267. The first kappa shape index (κ1) is 15.6. The Labute approximate surface area is 138 Å². The fourth-order valence-electron chi connectivity index (χ4n) is 1.88. The van der Waals surface area contributed by atoms with Crippen LogP contribution < -0.4 is 9.47 Å². The van der Waals surface area contributed by atoms with Gasteiger partial charge in [0.2, 0.25) is 0 Å². The normalized spacial score (nSPS) is 10.0. The van der Waals surface area contributed by atoms with E-state index in [1.165, 1.54) is 5.56 Å². The lowest BCUT2D eigenvalue weighted by Crippen LogP contribution is -2.02. The molecule has 0 unspecified atom stereocenters. The van der Waals surface area contributed by atoms with E-state index >= 15 is 0 Å². The molecule has 0 aliphatic heterocycles. The Kier molecular flexibility index (Phi) is 5.45. The summed E-state index contributed by atoms with van der Waals surface area (Å²) in [5.74, 6) is 1.31. The van der Waals surface area contributed by atoms with Gasteiger partial charge in [-0.25, -0.2) is 0 Å². The molecule has 4 heteroatoms. The summed E-state index contributed by atoms with van der Waals surface area (Å²) in [6.07, 6.45) is 0. The number of aryl methyl sites for hydroxylation is 1. The number of rotatable bonds is 5. The molecule has 21 heavy (non-hydrogen) atoms. The third-order valence-corrected chi connectivity index (χ3v) is 3.74. The smallest absolute Gasteiger partial charge is 0.175 e. The van der Waals surface area contributed by atoms with Crippen molar-refractivity contribution in [2.75, 3.05) is 6.61 Å². The van der Waals surface area contributed by atoms with Crippen LogP contribution in [0.15, 0.2) is 36.4 Å². The van der Waals surface area contributed by atoms with Crippen LogP contribution in [-0.4, -0.2) is 6.61 Å². The molecule has 0 bridgehead atoms. The zero-order chi connectivity index (χ0) is 15.2. The fourth-order valence-corrected chi connectivity index (χ4v) is 2.63. The van der Waals surface area contributed by atoms with Crippen LogP contribution in [0, 0.1) is 21.8 Å². The fraction of sp³-hybridized carbons (Fsp3) is 0.235. The van der Waals surface area contributed by atoms with Crippen LogP contribution in [0.4, 0.5) is 0 Å². The van der Waals surface area contributed by atoms with Crippen molar-refractivity contribution in [1.29, 1.82) is 5.26 Å². The van der Waals surface area contributed by atoms with Gasteiger partial charge in [0, 0.05) is 6.07 Å². The lowest BCUT2D eigenvalue weighted by Gasteiger charge is -2.14. The number of benzene rings is 2. The van der Waals surface area contributed by atoms with E-state index in [0.29, 0.717) is 30.3 Å². The van der Waals surface area contributed by atoms with Gasteiger partial charge >= 0.3 is 0 Å². The molecule has 2 aromatic rings. The number of hydrogen-bond donors (Lipinski definition) is 0. The molecule has 2 rings (SSSR count). The molecule has 0 fully saturated rings. The van der Waals surface area contributed by atoms with E-state index in [9.17, 15) is 0 Å². The average molecular weight is 393 g/mol. The molecule has 0 saturated carbocycles. The van der Waals surface area contributed by atoms with Gasteiger partial charge in [-0.2, -0.15) is 5.26 Å².